The molecule has 0 heterocycles. The molecule has 0 spiro atoms. The van der Waals surface area contributed by atoms with Crippen LogP contribution in [0.25, 0.3) is 0 Å². The van der Waals surface area contributed by atoms with E-state index in [-0.39, 0.29) is 0 Å². The van der Waals surface area contributed by atoms with Crippen LogP contribution in [0.3, 0.4) is 0 Å². The molecule has 4 aromatic carbocycles. The fraction of sp³-hybridized carbons (Fsp3) is 0.0909. The molecule has 0 aliphatic heterocycles. The van der Waals surface area contributed by atoms with Gasteiger partial charge >= 0.3 is 0 Å². The third-order valence-electron chi connectivity index (χ3n) is 5.83. The number of aryl methyl sites for hydroxylation is 2. The van der Waals surface area contributed by atoms with Crippen molar-refractivity contribution < 1.29 is 0 Å². The SMILES string of the molecule is C=C.C=C/C(=N\N=C(/C)c1ccc(N(c2ccccc2C)c2ccccc2C)cc1)c1ccccc1. The molecule has 0 radical (unpaired) electrons. The third-order valence-corrected chi connectivity index (χ3v) is 5.83. The summed E-state index contributed by atoms with van der Waals surface area (Å²) in [5.74, 6) is 0. The van der Waals surface area contributed by atoms with E-state index in [0.29, 0.717) is 0 Å². The molecule has 3 heteroatoms. The van der Waals surface area contributed by atoms with Gasteiger partial charge in [0.15, 0.2) is 0 Å². The molecule has 0 saturated heterocycles. The predicted octanol–water partition coefficient (Wildman–Crippen LogP) is 8.97. The number of anilines is 3. The van der Waals surface area contributed by atoms with Crippen LogP contribution in [0.5, 0.6) is 0 Å². The van der Waals surface area contributed by atoms with Gasteiger partial charge in [0.2, 0.25) is 0 Å². The molecule has 180 valence electrons. The van der Waals surface area contributed by atoms with Gasteiger partial charge in [-0.15, -0.1) is 13.2 Å². The van der Waals surface area contributed by atoms with Crippen molar-refractivity contribution in [2.24, 2.45) is 10.2 Å². The smallest absolute Gasteiger partial charge is 0.0923 e. The van der Waals surface area contributed by atoms with Crippen molar-refractivity contribution in [3.05, 3.63) is 151 Å². The van der Waals surface area contributed by atoms with Gasteiger partial charge in [-0.1, -0.05) is 85.4 Å². The highest BCUT2D eigenvalue weighted by molar-refractivity contribution is 6.09. The Morgan fingerprint density at radius 1 is 0.639 bits per heavy atom. The molecule has 0 aromatic heterocycles. The van der Waals surface area contributed by atoms with Crippen LogP contribution in [0.15, 0.2) is 139 Å². The zero-order valence-electron chi connectivity index (χ0n) is 21.4. The Bertz CT molecular complexity index is 1300. The first kappa shape index (κ1) is 26.1. The molecule has 36 heavy (non-hydrogen) atoms. The number of benzene rings is 4. The molecular weight excluding hydrogens is 438 g/mol. The number of allylic oxidation sites excluding steroid dienone is 1. The Hall–Kier alpha value is -4.50. The topological polar surface area (TPSA) is 28.0 Å². The Labute approximate surface area is 215 Å². The van der Waals surface area contributed by atoms with Crippen LogP contribution in [0, 0.1) is 13.8 Å². The Balaban J connectivity index is 0.00000176. The lowest BCUT2D eigenvalue weighted by atomic mass is 10.1. The van der Waals surface area contributed by atoms with E-state index >= 15 is 0 Å². The summed E-state index contributed by atoms with van der Waals surface area (Å²) < 4.78 is 0. The Morgan fingerprint density at radius 2 is 1.14 bits per heavy atom. The molecule has 0 fully saturated rings. The van der Waals surface area contributed by atoms with E-state index in [1.807, 2.05) is 37.3 Å². The summed E-state index contributed by atoms with van der Waals surface area (Å²) in [7, 11) is 0. The minimum absolute atomic E-state index is 0.752. The van der Waals surface area contributed by atoms with Gasteiger partial charge in [0.1, 0.15) is 0 Å². The Kier molecular flexibility index (Phi) is 9.30. The number of para-hydroxylation sites is 2. The molecule has 0 saturated carbocycles. The van der Waals surface area contributed by atoms with Crippen molar-refractivity contribution in [2.75, 3.05) is 4.90 Å². The van der Waals surface area contributed by atoms with E-state index in [4.69, 9.17) is 0 Å². The second kappa shape index (κ2) is 12.8. The predicted molar refractivity (Wildman–Crippen MR) is 157 cm³/mol. The highest BCUT2D eigenvalue weighted by atomic mass is 15.2. The third kappa shape index (κ3) is 6.13. The normalized spacial score (nSPS) is 11.3. The maximum Gasteiger partial charge on any atom is 0.0923 e. The van der Waals surface area contributed by atoms with Gasteiger partial charge in [0, 0.05) is 22.6 Å². The van der Waals surface area contributed by atoms with Gasteiger partial charge in [-0.2, -0.15) is 10.2 Å². The van der Waals surface area contributed by atoms with Gasteiger partial charge in [-0.25, -0.2) is 0 Å². The summed E-state index contributed by atoms with van der Waals surface area (Å²) in [4.78, 5) is 2.31. The van der Waals surface area contributed by atoms with E-state index in [1.165, 1.54) is 11.1 Å². The molecule has 0 bridgehead atoms. The van der Waals surface area contributed by atoms with Crippen LogP contribution in [0.4, 0.5) is 17.1 Å². The van der Waals surface area contributed by atoms with Gasteiger partial charge in [-0.3, -0.25) is 0 Å². The summed E-state index contributed by atoms with van der Waals surface area (Å²) in [6.07, 6.45) is 1.73. The van der Waals surface area contributed by atoms with E-state index in [9.17, 15) is 0 Å². The lowest BCUT2D eigenvalue weighted by Crippen LogP contribution is -2.12. The van der Waals surface area contributed by atoms with E-state index < -0.39 is 0 Å². The second-order valence-corrected chi connectivity index (χ2v) is 8.20. The zero-order valence-corrected chi connectivity index (χ0v) is 21.4. The Morgan fingerprint density at radius 3 is 1.64 bits per heavy atom. The molecule has 0 aliphatic carbocycles. The van der Waals surface area contributed by atoms with Crippen LogP contribution < -0.4 is 4.90 Å². The van der Waals surface area contributed by atoms with Crippen LogP contribution in [0.2, 0.25) is 0 Å². The lowest BCUT2D eigenvalue weighted by Gasteiger charge is -2.28. The summed E-state index contributed by atoms with van der Waals surface area (Å²) in [5, 5.41) is 8.92. The van der Waals surface area contributed by atoms with Crippen LogP contribution in [-0.2, 0) is 0 Å². The summed E-state index contributed by atoms with van der Waals surface area (Å²) >= 11 is 0. The van der Waals surface area contributed by atoms with Crippen LogP contribution in [0.1, 0.15) is 29.2 Å². The first-order chi connectivity index (χ1) is 17.6. The number of rotatable bonds is 7. The molecule has 4 rings (SSSR count). The minimum Gasteiger partial charge on any atom is -0.310 e. The second-order valence-electron chi connectivity index (χ2n) is 8.20. The summed E-state index contributed by atoms with van der Waals surface area (Å²) in [6.45, 7) is 16.2. The highest BCUT2D eigenvalue weighted by Crippen LogP contribution is 2.37. The van der Waals surface area contributed by atoms with Crippen LogP contribution in [-0.4, -0.2) is 11.4 Å². The summed E-state index contributed by atoms with van der Waals surface area (Å²) in [5.41, 5.74) is 9.49. The van der Waals surface area contributed by atoms with E-state index in [0.717, 1.165) is 39.6 Å². The fourth-order valence-corrected chi connectivity index (χ4v) is 3.90. The summed E-state index contributed by atoms with van der Waals surface area (Å²) in [6, 6.07) is 35.4. The van der Waals surface area contributed by atoms with Crippen molar-refractivity contribution in [3.8, 4) is 0 Å². The maximum absolute atomic E-state index is 4.48. The van der Waals surface area contributed by atoms with Gasteiger partial charge < -0.3 is 4.90 Å². The van der Waals surface area contributed by atoms with Gasteiger partial charge in [0.25, 0.3) is 0 Å². The molecule has 0 atom stereocenters. The maximum atomic E-state index is 4.48. The molecule has 0 unspecified atom stereocenters. The molecule has 3 nitrogen and oxygen atoms in total. The number of nitrogens with zero attached hydrogens (tertiary/aromatic N) is 3. The molecular formula is C33H33N3. The molecule has 0 amide bonds. The number of hydrogen-bond acceptors (Lipinski definition) is 3. The fourth-order valence-electron chi connectivity index (χ4n) is 3.90. The minimum atomic E-state index is 0.752. The first-order valence-electron chi connectivity index (χ1n) is 11.9. The van der Waals surface area contributed by atoms with E-state index in [2.05, 4.69) is 121 Å². The monoisotopic (exact) mass is 471 g/mol. The zero-order chi connectivity index (χ0) is 25.9. The molecule has 0 aliphatic rings. The van der Waals surface area contributed by atoms with Crippen molar-refractivity contribution in [2.45, 2.75) is 20.8 Å². The molecule has 4 aromatic rings. The highest BCUT2D eigenvalue weighted by Gasteiger charge is 2.16. The van der Waals surface area contributed by atoms with E-state index in [1.54, 1.807) is 6.08 Å². The average molecular weight is 472 g/mol. The largest absolute Gasteiger partial charge is 0.310 e. The quantitative estimate of drug-likeness (QED) is 0.150. The van der Waals surface area contributed by atoms with Gasteiger partial charge in [0.05, 0.1) is 11.4 Å². The van der Waals surface area contributed by atoms with Crippen molar-refractivity contribution in [1.29, 1.82) is 0 Å². The standard InChI is InChI=1S/C31H29N3.C2H4/c1-5-29(27-15-7-6-8-16-27)33-32-25(4)26-19-21-28(22-20-26)34(30-17-11-9-13-23(30)2)31-18-12-10-14-24(31)3;1-2/h5-22H,1H2,2-4H3;1-2H2/b32-25+,33-29+;. The van der Waals surface area contributed by atoms with Crippen LogP contribution >= 0.6 is 0 Å². The van der Waals surface area contributed by atoms with Gasteiger partial charge in [-0.05, 0) is 67.8 Å². The average Bonchev–Trinajstić information content (AvgIpc) is 2.93. The lowest BCUT2D eigenvalue weighted by molar-refractivity contribution is 1.22. The van der Waals surface area contributed by atoms with Crippen molar-refractivity contribution >= 4 is 28.5 Å². The first-order valence-corrected chi connectivity index (χ1v) is 11.9. The van der Waals surface area contributed by atoms with Crippen molar-refractivity contribution in [3.63, 3.8) is 0 Å². The van der Waals surface area contributed by atoms with Crippen molar-refractivity contribution in [1.82, 2.24) is 0 Å². The number of hydrogen-bond donors (Lipinski definition) is 0. The molecule has 0 N–H and O–H groups in total.